The first kappa shape index (κ1) is 16.6. The molecule has 0 aromatic heterocycles. The number of alkyl halides is 1. The molecule has 0 fully saturated rings. The Bertz CT molecular complexity index is 179. The van der Waals surface area contributed by atoms with Crippen LogP contribution in [0.2, 0.25) is 39.5 Å². The van der Waals surface area contributed by atoms with Crippen molar-refractivity contribution in [2.45, 2.75) is 39.5 Å². The van der Waals surface area contributed by atoms with Gasteiger partial charge in [-0.3, -0.25) is 0 Å². The average Bonchev–Trinajstić information content (AvgIpc) is 1.79. The Kier molecular flexibility index (Phi) is 6.57. The number of hydrogen-bond acceptors (Lipinski definition) is 1. The fraction of sp³-hybridized carbons (Fsp3) is 1.00. The van der Waals surface area contributed by atoms with Crippen LogP contribution in [0, 0.1) is 0 Å². The van der Waals surface area contributed by atoms with Gasteiger partial charge in [-0.2, -0.15) is 0 Å². The van der Waals surface area contributed by atoms with Crippen molar-refractivity contribution in [2.75, 3.05) is 3.90 Å². The minimum absolute atomic E-state index is 0.969. The molecule has 1 nitrogen and oxygen atoms in total. The Labute approximate surface area is 109 Å². The van der Waals surface area contributed by atoms with Gasteiger partial charge in [0.15, 0.2) is 0 Å². The quantitative estimate of drug-likeness (QED) is 0.386. The van der Waals surface area contributed by atoms with Crippen molar-refractivity contribution >= 4 is 67.6 Å². The van der Waals surface area contributed by atoms with Gasteiger partial charge in [0.2, 0.25) is 0 Å². The van der Waals surface area contributed by atoms with E-state index in [0.717, 1.165) is 3.90 Å². The molecule has 5 heteroatoms. The van der Waals surface area contributed by atoms with E-state index in [2.05, 4.69) is 39.1 Å². The SMILES string of the molecule is [CH3][Sn]([CH3])([CH3])[N]([Sn]([CH3])([CH3])[CH3])[Sn]([CH3])([CH3])[CH2]Cl. The van der Waals surface area contributed by atoms with E-state index in [1.165, 1.54) is 0 Å². The molecule has 0 N–H and O–H groups in total. The Balaban J connectivity index is 5.14. The van der Waals surface area contributed by atoms with Crippen LogP contribution in [0.1, 0.15) is 0 Å². The predicted octanol–water partition coefficient (Wildman–Crippen LogP) is 3.94. The molecule has 14 heavy (non-hydrogen) atoms. The molecule has 0 radical (unpaired) electrons. The molecule has 0 amide bonds. The van der Waals surface area contributed by atoms with Gasteiger partial charge in [-0.05, 0) is 0 Å². The molecular weight excluding hydrogens is 514 g/mol. The van der Waals surface area contributed by atoms with Crippen molar-refractivity contribution in [3.63, 3.8) is 0 Å². The molecule has 0 heterocycles. The maximum atomic E-state index is 6.22. The van der Waals surface area contributed by atoms with Gasteiger partial charge in [-0.25, -0.2) is 0 Å². The third-order valence-electron chi connectivity index (χ3n) is 2.27. The summed E-state index contributed by atoms with van der Waals surface area (Å²) in [6.07, 6.45) is 0. The second-order valence-electron chi connectivity index (χ2n) is 6.62. The molecule has 0 spiro atoms. The molecular formula is C9H26ClNSn3. The fourth-order valence-corrected chi connectivity index (χ4v) is 135. The molecule has 0 aromatic carbocycles. The molecule has 0 bridgehead atoms. The molecule has 0 rings (SSSR count). The Morgan fingerprint density at radius 1 is 0.786 bits per heavy atom. The zero-order valence-electron chi connectivity index (χ0n) is 11.0. The zero-order chi connectivity index (χ0) is 11.8. The van der Waals surface area contributed by atoms with Crippen LogP contribution in [0.15, 0.2) is 0 Å². The Morgan fingerprint density at radius 3 is 1.14 bits per heavy atom. The summed E-state index contributed by atoms with van der Waals surface area (Å²) in [7, 11) is 0. The molecule has 86 valence electrons. The van der Waals surface area contributed by atoms with Crippen molar-refractivity contribution in [1.82, 2.24) is -0.435 Å². The Morgan fingerprint density at radius 2 is 1.07 bits per heavy atom. The summed E-state index contributed by atoms with van der Waals surface area (Å²) in [5.74, 6) is 0. The van der Waals surface area contributed by atoms with Gasteiger partial charge in [0.05, 0.1) is 0 Å². The summed E-state index contributed by atoms with van der Waals surface area (Å²) >= 11 is 0.370. The number of nitrogens with zero attached hydrogens (tertiary/aromatic N) is 1. The van der Waals surface area contributed by atoms with Gasteiger partial charge in [0.25, 0.3) is 0 Å². The summed E-state index contributed by atoms with van der Waals surface area (Å²) in [4.78, 5) is 20.4. The summed E-state index contributed by atoms with van der Waals surface area (Å²) in [5.41, 5.74) is 0. The van der Waals surface area contributed by atoms with E-state index >= 15 is 0 Å². The standard InChI is InChI=1S/CH2Cl.8CH3.N.3Sn/c1-2;;;;;;;;;;;;/h1H2;8*1H3;;;;. The van der Waals surface area contributed by atoms with E-state index in [4.69, 9.17) is 11.6 Å². The summed E-state index contributed by atoms with van der Waals surface area (Å²) in [6.45, 7) is 0. The van der Waals surface area contributed by atoms with Crippen LogP contribution in [-0.2, 0) is 0 Å². The number of rotatable bonds is 4. The van der Waals surface area contributed by atoms with Crippen LogP contribution >= 0.6 is 11.6 Å². The van der Waals surface area contributed by atoms with Crippen molar-refractivity contribution in [3.8, 4) is 0 Å². The second kappa shape index (κ2) is 5.53. The van der Waals surface area contributed by atoms with E-state index in [1.54, 1.807) is 0 Å². The molecule has 0 aromatic rings. The number of hydrogen-bond donors (Lipinski definition) is 0. The van der Waals surface area contributed by atoms with Gasteiger partial charge in [0, 0.05) is 0 Å². The van der Waals surface area contributed by atoms with Crippen LogP contribution in [-0.4, -0.2) is 59.4 Å². The normalized spacial score (nSPS) is 15.0. The van der Waals surface area contributed by atoms with E-state index in [1.807, 2.05) is 0 Å². The summed E-state index contributed by atoms with van der Waals surface area (Å²) in [5, 5.41) is 0. The molecule has 0 saturated carbocycles. The molecule has 0 saturated heterocycles. The maximum absolute atomic E-state index is 6.22. The van der Waals surface area contributed by atoms with Gasteiger partial charge in [-0.15, -0.1) is 0 Å². The van der Waals surface area contributed by atoms with Gasteiger partial charge in [0.1, 0.15) is 0 Å². The first-order valence-electron chi connectivity index (χ1n) is 5.29. The Hall–Kier alpha value is 2.65. The molecule has 0 aliphatic rings. The second-order valence-corrected chi connectivity index (χ2v) is 59.1. The molecule has 0 unspecified atom stereocenters. The minimum atomic E-state index is -2.06. The van der Waals surface area contributed by atoms with E-state index < -0.39 is 56.0 Å². The number of halogens is 1. The van der Waals surface area contributed by atoms with Crippen LogP contribution < -0.4 is 0 Å². The zero-order valence-corrected chi connectivity index (χ0v) is 20.4. The first-order chi connectivity index (χ1) is 5.93. The molecule has 0 aliphatic carbocycles. The van der Waals surface area contributed by atoms with E-state index in [9.17, 15) is 0 Å². The van der Waals surface area contributed by atoms with Crippen LogP contribution in [0.4, 0.5) is 0 Å². The first-order valence-corrected chi connectivity index (χ1v) is 34.5. The summed E-state index contributed by atoms with van der Waals surface area (Å²) in [6, 6.07) is 0. The predicted molar refractivity (Wildman–Crippen MR) is 76.7 cm³/mol. The van der Waals surface area contributed by atoms with E-state index in [-0.39, 0.29) is 0 Å². The molecule has 0 atom stereocenters. The molecule has 0 aliphatic heterocycles. The summed E-state index contributed by atoms with van der Waals surface area (Å²) < 4.78 is 4.09. The fourth-order valence-electron chi connectivity index (χ4n) is 2.88. The third kappa shape index (κ3) is 4.88. The van der Waals surface area contributed by atoms with Crippen molar-refractivity contribution in [1.29, 1.82) is 0 Å². The van der Waals surface area contributed by atoms with Crippen LogP contribution in [0.25, 0.3) is 0 Å². The van der Waals surface area contributed by atoms with Crippen molar-refractivity contribution in [3.05, 3.63) is 0 Å². The van der Waals surface area contributed by atoms with Crippen LogP contribution in [0.3, 0.4) is 0 Å². The van der Waals surface area contributed by atoms with Gasteiger partial charge < -0.3 is 0 Å². The van der Waals surface area contributed by atoms with Gasteiger partial charge >= 0.3 is 111 Å². The topological polar surface area (TPSA) is 3.24 Å². The average molecular weight is 540 g/mol. The van der Waals surface area contributed by atoms with E-state index in [0.29, 0.717) is 0 Å². The van der Waals surface area contributed by atoms with Crippen molar-refractivity contribution < 1.29 is 0 Å². The van der Waals surface area contributed by atoms with Crippen LogP contribution in [0.5, 0.6) is 0 Å². The van der Waals surface area contributed by atoms with Gasteiger partial charge in [-0.1, -0.05) is 0 Å². The monoisotopic (exact) mass is 543 g/mol. The third-order valence-corrected chi connectivity index (χ3v) is 94.2. The van der Waals surface area contributed by atoms with Crippen molar-refractivity contribution in [2.24, 2.45) is 0 Å².